The molecule has 0 unspecified atom stereocenters. The fraction of sp³-hybridized carbons (Fsp3) is 0.417. The molecule has 0 bridgehead atoms. The van der Waals surface area contributed by atoms with E-state index in [0.717, 1.165) is 24.8 Å². The summed E-state index contributed by atoms with van der Waals surface area (Å²) >= 11 is 0. The summed E-state index contributed by atoms with van der Waals surface area (Å²) in [5, 5.41) is 0. The highest BCUT2D eigenvalue weighted by Gasteiger charge is 2.33. The maximum atomic E-state index is 13.1. The summed E-state index contributed by atoms with van der Waals surface area (Å²) < 4.78 is 0. The van der Waals surface area contributed by atoms with Crippen LogP contribution in [0.25, 0.3) is 11.1 Å². The van der Waals surface area contributed by atoms with Gasteiger partial charge in [-0.15, -0.1) is 0 Å². The molecule has 2 amide bonds. The van der Waals surface area contributed by atoms with E-state index in [1.165, 1.54) is 24.0 Å². The van der Waals surface area contributed by atoms with Crippen LogP contribution in [0.5, 0.6) is 0 Å². The third-order valence-corrected chi connectivity index (χ3v) is 6.13. The van der Waals surface area contributed by atoms with Gasteiger partial charge in [-0.05, 0) is 48.1 Å². The summed E-state index contributed by atoms with van der Waals surface area (Å²) in [4.78, 5) is 29.4. The van der Waals surface area contributed by atoms with Crippen LogP contribution in [0.3, 0.4) is 0 Å². The monoisotopic (exact) mass is 376 g/mol. The fourth-order valence-corrected chi connectivity index (χ4v) is 4.57. The Kier molecular flexibility index (Phi) is 5.47. The van der Waals surface area contributed by atoms with E-state index in [4.69, 9.17) is 0 Å². The lowest BCUT2D eigenvalue weighted by molar-refractivity contribution is -0.137. The second kappa shape index (κ2) is 8.17. The highest BCUT2D eigenvalue weighted by Crippen LogP contribution is 2.27. The first-order chi connectivity index (χ1) is 13.7. The molecule has 1 saturated carbocycles. The fourth-order valence-electron chi connectivity index (χ4n) is 4.57. The van der Waals surface area contributed by atoms with E-state index in [1.54, 1.807) is 4.90 Å². The Bertz CT molecular complexity index is 870. The standard InChI is InChI=1S/C24H28N2O2/c1-2-18-8-3-6-13-22(18)19-9-7-10-20(16-19)24(28)25-14-15-26(23(27)17-25)21-11-4-5-12-21/h3,6-10,13,16,21H,2,4-5,11-12,14-15,17H2,1H3. The molecule has 2 aromatic rings. The molecule has 0 spiro atoms. The number of carbonyl (C=O) groups excluding carboxylic acids is 2. The third-order valence-electron chi connectivity index (χ3n) is 6.13. The molecule has 0 aromatic heterocycles. The van der Waals surface area contributed by atoms with Gasteiger partial charge in [-0.1, -0.05) is 56.2 Å². The van der Waals surface area contributed by atoms with Crippen LogP contribution in [0.15, 0.2) is 48.5 Å². The van der Waals surface area contributed by atoms with Gasteiger partial charge in [0.15, 0.2) is 0 Å². The van der Waals surface area contributed by atoms with Crippen LogP contribution in [0.4, 0.5) is 0 Å². The summed E-state index contributed by atoms with van der Waals surface area (Å²) in [6.07, 6.45) is 5.59. The number of hydrogen-bond acceptors (Lipinski definition) is 2. The molecule has 2 aliphatic rings. The van der Waals surface area contributed by atoms with Crippen molar-refractivity contribution >= 4 is 11.8 Å². The van der Waals surface area contributed by atoms with Crippen molar-refractivity contribution in [2.75, 3.05) is 19.6 Å². The van der Waals surface area contributed by atoms with Crippen molar-refractivity contribution in [3.63, 3.8) is 0 Å². The van der Waals surface area contributed by atoms with Gasteiger partial charge in [0.1, 0.15) is 6.54 Å². The Morgan fingerprint density at radius 3 is 2.57 bits per heavy atom. The lowest BCUT2D eigenvalue weighted by Gasteiger charge is -2.37. The summed E-state index contributed by atoms with van der Waals surface area (Å²) in [6, 6.07) is 16.5. The Hall–Kier alpha value is -2.62. The van der Waals surface area contributed by atoms with Crippen LogP contribution in [-0.2, 0) is 11.2 Å². The first kappa shape index (κ1) is 18.7. The average molecular weight is 377 g/mol. The van der Waals surface area contributed by atoms with E-state index in [0.29, 0.717) is 24.7 Å². The summed E-state index contributed by atoms with van der Waals surface area (Å²) in [6.45, 7) is 3.62. The number of carbonyl (C=O) groups is 2. The highest BCUT2D eigenvalue weighted by atomic mass is 16.2. The molecule has 1 saturated heterocycles. The second-order valence-electron chi connectivity index (χ2n) is 7.84. The molecule has 28 heavy (non-hydrogen) atoms. The van der Waals surface area contributed by atoms with Crippen molar-refractivity contribution in [3.8, 4) is 11.1 Å². The van der Waals surface area contributed by atoms with E-state index in [1.807, 2.05) is 35.2 Å². The van der Waals surface area contributed by atoms with Gasteiger partial charge in [0, 0.05) is 24.7 Å². The van der Waals surface area contributed by atoms with E-state index >= 15 is 0 Å². The highest BCUT2D eigenvalue weighted by molar-refractivity contribution is 5.98. The molecule has 1 heterocycles. The smallest absolute Gasteiger partial charge is 0.254 e. The summed E-state index contributed by atoms with van der Waals surface area (Å²) in [5.41, 5.74) is 4.15. The zero-order valence-electron chi connectivity index (χ0n) is 16.6. The van der Waals surface area contributed by atoms with Crippen molar-refractivity contribution in [1.29, 1.82) is 0 Å². The molecule has 0 radical (unpaired) electrons. The first-order valence-corrected chi connectivity index (χ1v) is 10.4. The van der Waals surface area contributed by atoms with Crippen molar-refractivity contribution in [2.24, 2.45) is 0 Å². The van der Waals surface area contributed by atoms with Crippen LogP contribution in [0.1, 0.15) is 48.5 Å². The number of benzene rings is 2. The quantitative estimate of drug-likeness (QED) is 0.804. The maximum absolute atomic E-state index is 13.1. The Morgan fingerprint density at radius 1 is 1.04 bits per heavy atom. The van der Waals surface area contributed by atoms with Crippen molar-refractivity contribution in [3.05, 3.63) is 59.7 Å². The van der Waals surface area contributed by atoms with Crippen molar-refractivity contribution in [2.45, 2.75) is 45.1 Å². The zero-order chi connectivity index (χ0) is 19.5. The lowest BCUT2D eigenvalue weighted by atomic mass is 9.96. The van der Waals surface area contributed by atoms with E-state index in [9.17, 15) is 9.59 Å². The predicted octanol–water partition coefficient (Wildman–Crippen LogP) is 4.14. The number of rotatable bonds is 4. The number of amides is 2. The summed E-state index contributed by atoms with van der Waals surface area (Å²) in [7, 11) is 0. The molecule has 0 atom stereocenters. The minimum Gasteiger partial charge on any atom is -0.336 e. The maximum Gasteiger partial charge on any atom is 0.254 e. The van der Waals surface area contributed by atoms with Gasteiger partial charge < -0.3 is 9.80 Å². The molecular formula is C24H28N2O2. The van der Waals surface area contributed by atoms with Crippen LogP contribution in [-0.4, -0.2) is 47.3 Å². The lowest BCUT2D eigenvalue weighted by Crippen LogP contribution is -2.54. The Balaban J connectivity index is 1.50. The first-order valence-electron chi connectivity index (χ1n) is 10.4. The Morgan fingerprint density at radius 2 is 1.82 bits per heavy atom. The average Bonchev–Trinajstić information content (AvgIpc) is 3.27. The van der Waals surface area contributed by atoms with E-state index in [2.05, 4.69) is 25.1 Å². The normalized spacial score (nSPS) is 18.0. The molecule has 0 N–H and O–H groups in total. The van der Waals surface area contributed by atoms with Crippen LogP contribution < -0.4 is 0 Å². The van der Waals surface area contributed by atoms with Crippen molar-refractivity contribution < 1.29 is 9.59 Å². The van der Waals surface area contributed by atoms with Gasteiger partial charge in [0.05, 0.1) is 0 Å². The molecule has 4 nitrogen and oxygen atoms in total. The van der Waals surface area contributed by atoms with E-state index < -0.39 is 0 Å². The predicted molar refractivity (Wildman–Crippen MR) is 111 cm³/mol. The number of piperazine rings is 1. The van der Waals surface area contributed by atoms with Crippen LogP contribution in [0, 0.1) is 0 Å². The molecule has 1 aliphatic heterocycles. The van der Waals surface area contributed by atoms with Gasteiger partial charge in [0.2, 0.25) is 5.91 Å². The van der Waals surface area contributed by atoms with Gasteiger partial charge in [-0.25, -0.2) is 0 Å². The molecule has 4 rings (SSSR count). The minimum absolute atomic E-state index is 0.0461. The number of hydrogen-bond donors (Lipinski definition) is 0. The number of aryl methyl sites for hydroxylation is 1. The van der Waals surface area contributed by atoms with Crippen molar-refractivity contribution in [1.82, 2.24) is 9.80 Å². The van der Waals surface area contributed by atoms with Gasteiger partial charge >= 0.3 is 0 Å². The van der Waals surface area contributed by atoms with Gasteiger partial charge in [0.25, 0.3) is 5.91 Å². The van der Waals surface area contributed by atoms with Crippen LogP contribution in [0.2, 0.25) is 0 Å². The van der Waals surface area contributed by atoms with Gasteiger partial charge in [-0.3, -0.25) is 9.59 Å². The minimum atomic E-state index is -0.0461. The van der Waals surface area contributed by atoms with E-state index in [-0.39, 0.29) is 18.4 Å². The zero-order valence-corrected chi connectivity index (χ0v) is 16.6. The molecular weight excluding hydrogens is 348 g/mol. The summed E-state index contributed by atoms with van der Waals surface area (Å²) in [5.74, 6) is 0.0502. The second-order valence-corrected chi connectivity index (χ2v) is 7.84. The SMILES string of the molecule is CCc1ccccc1-c1cccc(C(=O)N2CCN(C3CCCC3)C(=O)C2)c1. The molecule has 1 aliphatic carbocycles. The number of nitrogens with zero attached hydrogens (tertiary/aromatic N) is 2. The Labute approximate surface area is 167 Å². The van der Waals surface area contributed by atoms with Crippen LogP contribution >= 0.6 is 0 Å². The largest absolute Gasteiger partial charge is 0.336 e. The molecule has 4 heteroatoms. The third kappa shape index (κ3) is 3.68. The molecule has 146 valence electrons. The topological polar surface area (TPSA) is 40.6 Å². The molecule has 2 aromatic carbocycles. The molecule has 2 fully saturated rings. The van der Waals surface area contributed by atoms with Gasteiger partial charge in [-0.2, -0.15) is 0 Å².